The first-order valence-corrected chi connectivity index (χ1v) is 5.43. The molecule has 74 valence electrons. The van der Waals surface area contributed by atoms with Crippen molar-refractivity contribution in [2.45, 2.75) is 25.3 Å². The van der Waals surface area contributed by atoms with Crippen molar-refractivity contribution in [2.24, 2.45) is 0 Å². The fourth-order valence-corrected chi connectivity index (χ4v) is 1.55. The van der Waals surface area contributed by atoms with Crippen LogP contribution in [0.15, 0.2) is 0 Å². The standard InChI is InChI=1S/C8H13NO3S/c10-7(9-6-1-2-6)5-13-4-3-8(11)12/h6H,1-5H2,(H,9,10)(H,11,12). The first-order chi connectivity index (χ1) is 6.18. The number of hydrogen-bond acceptors (Lipinski definition) is 3. The number of aliphatic carboxylic acids is 1. The van der Waals surface area contributed by atoms with Gasteiger partial charge < -0.3 is 10.4 Å². The van der Waals surface area contributed by atoms with E-state index in [1.54, 1.807) is 0 Å². The van der Waals surface area contributed by atoms with Crippen molar-refractivity contribution in [3.05, 3.63) is 0 Å². The molecule has 0 aliphatic heterocycles. The smallest absolute Gasteiger partial charge is 0.304 e. The lowest BCUT2D eigenvalue weighted by atomic mass is 10.5. The number of hydrogen-bond donors (Lipinski definition) is 2. The Hall–Kier alpha value is -0.710. The lowest BCUT2D eigenvalue weighted by molar-refractivity contribution is -0.136. The van der Waals surface area contributed by atoms with Crippen LogP contribution in [0, 0.1) is 0 Å². The molecule has 13 heavy (non-hydrogen) atoms. The molecule has 1 rings (SSSR count). The lowest BCUT2D eigenvalue weighted by Crippen LogP contribution is -2.27. The quantitative estimate of drug-likeness (QED) is 0.616. The summed E-state index contributed by atoms with van der Waals surface area (Å²) in [5, 5.41) is 11.2. The van der Waals surface area contributed by atoms with E-state index in [9.17, 15) is 9.59 Å². The summed E-state index contributed by atoms with van der Waals surface area (Å²) in [5.74, 6) is 0.102. The summed E-state index contributed by atoms with van der Waals surface area (Å²) in [7, 11) is 0. The average Bonchev–Trinajstić information content (AvgIpc) is 2.81. The Labute approximate surface area is 81.1 Å². The maximum absolute atomic E-state index is 11.1. The van der Waals surface area contributed by atoms with E-state index in [-0.39, 0.29) is 12.3 Å². The molecule has 0 unspecified atom stereocenters. The fraction of sp³-hybridized carbons (Fsp3) is 0.750. The predicted molar refractivity (Wildman–Crippen MR) is 50.7 cm³/mol. The van der Waals surface area contributed by atoms with Crippen molar-refractivity contribution in [1.82, 2.24) is 5.32 Å². The topological polar surface area (TPSA) is 66.4 Å². The highest BCUT2D eigenvalue weighted by atomic mass is 32.2. The van der Waals surface area contributed by atoms with Crippen LogP contribution < -0.4 is 5.32 Å². The summed E-state index contributed by atoms with van der Waals surface area (Å²) in [5.41, 5.74) is 0. The van der Waals surface area contributed by atoms with Gasteiger partial charge in [-0.25, -0.2) is 0 Å². The van der Waals surface area contributed by atoms with Crippen LogP contribution in [-0.4, -0.2) is 34.5 Å². The normalized spacial score (nSPS) is 15.4. The van der Waals surface area contributed by atoms with Crippen LogP contribution in [0.4, 0.5) is 0 Å². The zero-order valence-corrected chi connectivity index (χ0v) is 8.10. The monoisotopic (exact) mass is 203 g/mol. The number of thioether (sulfide) groups is 1. The second kappa shape index (κ2) is 5.11. The summed E-state index contributed by atoms with van der Waals surface area (Å²) < 4.78 is 0. The maximum Gasteiger partial charge on any atom is 0.304 e. The van der Waals surface area contributed by atoms with Crippen LogP contribution in [0.3, 0.4) is 0 Å². The van der Waals surface area contributed by atoms with Crippen LogP contribution >= 0.6 is 11.8 Å². The lowest BCUT2D eigenvalue weighted by Gasteiger charge is -2.01. The van der Waals surface area contributed by atoms with Gasteiger partial charge in [-0.15, -0.1) is 0 Å². The number of rotatable bonds is 6. The maximum atomic E-state index is 11.1. The second-order valence-electron chi connectivity index (χ2n) is 3.04. The Morgan fingerprint density at radius 3 is 2.69 bits per heavy atom. The van der Waals surface area contributed by atoms with Crippen LogP contribution in [0.5, 0.6) is 0 Å². The SMILES string of the molecule is O=C(O)CCSCC(=O)NC1CC1. The van der Waals surface area contributed by atoms with Gasteiger partial charge in [0.05, 0.1) is 12.2 Å². The Kier molecular flexibility index (Phi) is 4.08. The van der Waals surface area contributed by atoms with Gasteiger partial charge in [0.15, 0.2) is 0 Å². The molecule has 0 aromatic rings. The van der Waals surface area contributed by atoms with Crippen molar-refractivity contribution in [3.8, 4) is 0 Å². The van der Waals surface area contributed by atoms with E-state index in [1.807, 2.05) is 0 Å². The summed E-state index contributed by atoms with van der Waals surface area (Å²) in [4.78, 5) is 21.2. The molecule has 0 heterocycles. The predicted octanol–water partition coefficient (Wildman–Crippen LogP) is 0.473. The first-order valence-electron chi connectivity index (χ1n) is 4.27. The van der Waals surface area contributed by atoms with Crippen LogP contribution in [0.25, 0.3) is 0 Å². The summed E-state index contributed by atoms with van der Waals surface area (Å²) in [6.45, 7) is 0. The average molecular weight is 203 g/mol. The van der Waals surface area contributed by atoms with Gasteiger partial charge in [0.1, 0.15) is 0 Å². The number of nitrogens with one attached hydrogen (secondary N) is 1. The largest absolute Gasteiger partial charge is 0.481 e. The molecule has 0 spiro atoms. The molecular formula is C8H13NO3S. The molecule has 1 aliphatic carbocycles. The minimum Gasteiger partial charge on any atom is -0.481 e. The molecule has 1 saturated carbocycles. The zero-order valence-electron chi connectivity index (χ0n) is 7.28. The van der Waals surface area contributed by atoms with E-state index in [4.69, 9.17) is 5.11 Å². The van der Waals surface area contributed by atoms with Crippen molar-refractivity contribution in [1.29, 1.82) is 0 Å². The Morgan fingerprint density at radius 2 is 2.15 bits per heavy atom. The molecule has 1 aliphatic rings. The molecule has 0 saturated heterocycles. The first kappa shape index (κ1) is 10.4. The molecule has 1 amide bonds. The van der Waals surface area contributed by atoms with Crippen LogP contribution in [0.1, 0.15) is 19.3 Å². The van der Waals surface area contributed by atoms with Gasteiger partial charge in [-0.2, -0.15) is 11.8 Å². The fourth-order valence-electron chi connectivity index (χ4n) is 0.821. The highest BCUT2D eigenvalue weighted by molar-refractivity contribution is 7.99. The van der Waals surface area contributed by atoms with Crippen LogP contribution in [0.2, 0.25) is 0 Å². The minimum absolute atomic E-state index is 0.0258. The van der Waals surface area contributed by atoms with E-state index in [2.05, 4.69) is 5.32 Å². The Balaban J connectivity index is 1.91. The van der Waals surface area contributed by atoms with Crippen molar-refractivity contribution >= 4 is 23.6 Å². The number of carboxylic acid groups (broad SMARTS) is 1. The Bertz CT molecular complexity index is 204. The number of carbonyl (C=O) groups is 2. The van der Waals surface area contributed by atoms with Crippen LogP contribution in [-0.2, 0) is 9.59 Å². The van der Waals surface area contributed by atoms with E-state index in [0.717, 1.165) is 12.8 Å². The van der Waals surface area contributed by atoms with E-state index in [1.165, 1.54) is 11.8 Å². The van der Waals surface area contributed by atoms with Gasteiger partial charge in [-0.3, -0.25) is 9.59 Å². The molecule has 2 N–H and O–H groups in total. The molecule has 0 bridgehead atoms. The third-order valence-electron chi connectivity index (χ3n) is 1.64. The molecule has 0 radical (unpaired) electrons. The molecule has 0 aromatic heterocycles. The van der Waals surface area contributed by atoms with E-state index in [0.29, 0.717) is 17.5 Å². The molecule has 1 fully saturated rings. The second-order valence-corrected chi connectivity index (χ2v) is 4.14. The molecular weight excluding hydrogens is 190 g/mol. The number of carbonyl (C=O) groups excluding carboxylic acids is 1. The minimum atomic E-state index is -0.810. The van der Waals surface area contributed by atoms with Gasteiger partial charge in [-0.05, 0) is 12.8 Å². The van der Waals surface area contributed by atoms with Crippen molar-refractivity contribution in [3.63, 3.8) is 0 Å². The summed E-state index contributed by atoms with van der Waals surface area (Å²) in [6, 6.07) is 0.396. The van der Waals surface area contributed by atoms with Gasteiger partial charge in [0, 0.05) is 11.8 Å². The molecule has 0 aromatic carbocycles. The zero-order chi connectivity index (χ0) is 9.68. The van der Waals surface area contributed by atoms with Gasteiger partial charge >= 0.3 is 5.97 Å². The van der Waals surface area contributed by atoms with Gasteiger partial charge in [0.25, 0.3) is 0 Å². The molecule has 5 heteroatoms. The summed E-state index contributed by atoms with van der Waals surface area (Å²) >= 11 is 1.37. The van der Waals surface area contributed by atoms with Gasteiger partial charge in [-0.1, -0.05) is 0 Å². The molecule has 0 atom stereocenters. The highest BCUT2D eigenvalue weighted by Crippen LogP contribution is 2.18. The third-order valence-corrected chi connectivity index (χ3v) is 2.59. The molecule has 4 nitrogen and oxygen atoms in total. The van der Waals surface area contributed by atoms with E-state index < -0.39 is 5.97 Å². The Morgan fingerprint density at radius 1 is 1.46 bits per heavy atom. The van der Waals surface area contributed by atoms with Crippen molar-refractivity contribution in [2.75, 3.05) is 11.5 Å². The number of carboxylic acids is 1. The summed E-state index contributed by atoms with van der Waals surface area (Å²) in [6.07, 6.45) is 2.30. The van der Waals surface area contributed by atoms with Gasteiger partial charge in [0.2, 0.25) is 5.91 Å². The number of amides is 1. The van der Waals surface area contributed by atoms with Crippen molar-refractivity contribution < 1.29 is 14.7 Å². The third kappa shape index (κ3) is 5.52. The highest BCUT2D eigenvalue weighted by Gasteiger charge is 2.22. The van der Waals surface area contributed by atoms with E-state index >= 15 is 0 Å².